The summed E-state index contributed by atoms with van der Waals surface area (Å²) in [4.78, 5) is 25.5. The number of methoxy groups -OCH3 is 1. The van der Waals surface area contributed by atoms with Gasteiger partial charge in [-0.15, -0.1) is 0 Å². The third-order valence-corrected chi connectivity index (χ3v) is 4.86. The Morgan fingerprint density at radius 3 is 2.33 bits per heavy atom. The van der Waals surface area contributed by atoms with Crippen LogP contribution in [0, 0.1) is 0 Å². The van der Waals surface area contributed by atoms with E-state index in [1.165, 1.54) is 7.11 Å². The number of carbonyl (C=O) groups excluding carboxylic acids is 2. The van der Waals surface area contributed by atoms with Crippen LogP contribution >= 0.6 is 23.2 Å². The Morgan fingerprint density at radius 1 is 1.13 bits per heavy atom. The van der Waals surface area contributed by atoms with E-state index in [-0.39, 0.29) is 25.6 Å². The zero-order valence-corrected chi connectivity index (χ0v) is 18.2. The summed E-state index contributed by atoms with van der Waals surface area (Å²) in [6.07, 6.45) is -0.818. The lowest BCUT2D eigenvalue weighted by Crippen LogP contribution is -2.40. The van der Waals surface area contributed by atoms with Crippen molar-refractivity contribution in [1.29, 1.82) is 0 Å². The van der Waals surface area contributed by atoms with Crippen LogP contribution in [0.25, 0.3) is 0 Å². The van der Waals surface area contributed by atoms with Gasteiger partial charge < -0.3 is 19.9 Å². The first-order valence-electron chi connectivity index (χ1n) is 9.29. The van der Waals surface area contributed by atoms with Gasteiger partial charge in [0.2, 0.25) is 5.91 Å². The minimum atomic E-state index is -0.818. The Bertz CT molecular complexity index is 841. The van der Waals surface area contributed by atoms with Crippen molar-refractivity contribution in [2.45, 2.75) is 13.0 Å². The maximum atomic E-state index is 12.3. The van der Waals surface area contributed by atoms with E-state index in [1.54, 1.807) is 47.4 Å². The molecule has 0 radical (unpaired) electrons. The molecule has 0 aromatic heterocycles. The van der Waals surface area contributed by atoms with E-state index in [2.05, 4.69) is 10.1 Å². The number of para-hydroxylation sites is 1. The molecular weight excluding hydrogens is 431 g/mol. The molecule has 0 aliphatic carbocycles. The summed E-state index contributed by atoms with van der Waals surface area (Å²) in [6.45, 7) is 2.76. The first kappa shape index (κ1) is 24.0. The molecule has 1 amide bonds. The van der Waals surface area contributed by atoms with Gasteiger partial charge in [0.1, 0.15) is 18.5 Å². The number of hydrogen-bond donors (Lipinski definition) is 2. The molecule has 2 aromatic rings. The van der Waals surface area contributed by atoms with Crippen LogP contribution in [0.4, 0.5) is 5.69 Å². The number of anilines is 1. The predicted molar refractivity (Wildman–Crippen MR) is 116 cm³/mol. The third kappa shape index (κ3) is 7.18. The minimum Gasteiger partial charge on any atom is -0.491 e. The molecule has 0 aliphatic rings. The molecule has 0 fully saturated rings. The molecule has 7 nitrogen and oxygen atoms in total. The van der Waals surface area contributed by atoms with Crippen LogP contribution < -0.4 is 10.1 Å². The maximum Gasteiger partial charge on any atom is 0.337 e. The van der Waals surface area contributed by atoms with Crippen LogP contribution in [0.1, 0.15) is 17.3 Å². The molecule has 0 spiro atoms. The van der Waals surface area contributed by atoms with Crippen LogP contribution in [-0.4, -0.2) is 61.3 Å². The largest absolute Gasteiger partial charge is 0.491 e. The molecule has 162 valence electrons. The highest BCUT2D eigenvalue weighted by atomic mass is 35.5. The van der Waals surface area contributed by atoms with Crippen LogP contribution in [0.2, 0.25) is 10.0 Å². The topological polar surface area (TPSA) is 88.1 Å². The van der Waals surface area contributed by atoms with Crippen LogP contribution in [0.15, 0.2) is 42.5 Å². The first-order valence-corrected chi connectivity index (χ1v) is 10.0. The third-order valence-electron chi connectivity index (χ3n) is 4.23. The maximum absolute atomic E-state index is 12.3. The van der Waals surface area contributed by atoms with E-state index in [4.69, 9.17) is 27.9 Å². The molecule has 2 rings (SSSR count). The van der Waals surface area contributed by atoms with E-state index < -0.39 is 12.1 Å². The zero-order chi connectivity index (χ0) is 22.1. The highest BCUT2D eigenvalue weighted by Crippen LogP contribution is 2.29. The molecule has 1 atom stereocenters. The van der Waals surface area contributed by atoms with Crippen molar-refractivity contribution in [2.24, 2.45) is 0 Å². The summed E-state index contributed by atoms with van der Waals surface area (Å²) in [5, 5.41) is 13.7. The Balaban J connectivity index is 1.83. The lowest BCUT2D eigenvalue weighted by molar-refractivity contribution is -0.117. The quantitative estimate of drug-likeness (QED) is 0.534. The number of esters is 1. The number of hydrogen-bond acceptors (Lipinski definition) is 6. The smallest absolute Gasteiger partial charge is 0.337 e. The van der Waals surface area contributed by atoms with Gasteiger partial charge in [-0.25, -0.2) is 4.79 Å². The van der Waals surface area contributed by atoms with Gasteiger partial charge in [0.05, 0.1) is 35.0 Å². The second kappa shape index (κ2) is 11.8. The van der Waals surface area contributed by atoms with Crippen LogP contribution in [0.5, 0.6) is 5.75 Å². The molecular formula is C21H24Cl2N2O5. The van der Waals surface area contributed by atoms with Gasteiger partial charge in [0.25, 0.3) is 0 Å². The number of rotatable bonds is 10. The normalized spacial score (nSPS) is 11.8. The van der Waals surface area contributed by atoms with E-state index in [0.29, 0.717) is 33.6 Å². The molecule has 2 N–H and O–H groups in total. The highest BCUT2D eigenvalue weighted by Gasteiger charge is 2.16. The van der Waals surface area contributed by atoms with Gasteiger partial charge in [0, 0.05) is 6.54 Å². The van der Waals surface area contributed by atoms with E-state index in [0.717, 1.165) is 0 Å². The minimum absolute atomic E-state index is 0.0338. The summed E-state index contributed by atoms with van der Waals surface area (Å²) < 4.78 is 10.2. The van der Waals surface area contributed by atoms with Gasteiger partial charge in [-0.3, -0.25) is 9.69 Å². The lowest BCUT2D eigenvalue weighted by Gasteiger charge is -2.23. The van der Waals surface area contributed by atoms with Gasteiger partial charge in [0.15, 0.2) is 0 Å². The van der Waals surface area contributed by atoms with Gasteiger partial charge in [-0.05, 0) is 42.9 Å². The van der Waals surface area contributed by atoms with Gasteiger partial charge in [-0.2, -0.15) is 0 Å². The Kier molecular flexibility index (Phi) is 9.39. The number of halogens is 2. The predicted octanol–water partition coefficient (Wildman–Crippen LogP) is 3.48. The molecule has 30 heavy (non-hydrogen) atoms. The Morgan fingerprint density at radius 2 is 1.77 bits per heavy atom. The monoisotopic (exact) mass is 454 g/mol. The van der Waals surface area contributed by atoms with E-state index >= 15 is 0 Å². The summed E-state index contributed by atoms with van der Waals surface area (Å²) >= 11 is 12.1. The highest BCUT2D eigenvalue weighted by molar-refractivity contribution is 6.39. The molecule has 0 bridgehead atoms. The van der Waals surface area contributed by atoms with Crippen LogP contribution in [-0.2, 0) is 9.53 Å². The second-order valence-electron chi connectivity index (χ2n) is 6.45. The van der Waals surface area contributed by atoms with Crippen molar-refractivity contribution in [3.8, 4) is 5.75 Å². The summed E-state index contributed by atoms with van der Waals surface area (Å²) in [5.74, 6) is -0.217. The lowest BCUT2D eigenvalue weighted by atomic mass is 10.2. The molecule has 0 heterocycles. The number of nitrogens with one attached hydrogen (secondary N) is 1. The number of carbonyl (C=O) groups is 2. The van der Waals surface area contributed by atoms with Crippen LogP contribution in [0.3, 0.4) is 0 Å². The van der Waals surface area contributed by atoms with Gasteiger partial charge >= 0.3 is 5.97 Å². The Hall–Kier alpha value is -2.32. The van der Waals surface area contributed by atoms with Crippen molar-refractivity contribution < 1.29 is 24.2 Å². The molecule has 0 aliphatic heterocycles. The number of aliphatic hydroxyl groups excluding tert-OH is 1. The molecule has 0 saturated heterocycles. The summed E-state index contributed by atoms with van der Waals surface area (Å²) in [6, 6.07) is 11.4. The average molecular weight is 455 g/mol. The number of amides is 1. The fourth-order valence-electron chi connectivity index (χ4n) is 2.65. The first-order chi connectivity index (χ1) is 14.3. The number of likely N-dealkylation sites (N-methyl/N-ethyl adjacent to an activating group) is 1. The standard InChI is InChI=1S/C21H24Cl2N2O5/c1-3-25(12-19(27)24-20-17(22)5-4-6-18(20)23)11-15(26)13-30-16-9-7-14(8-10-16)21(28)29-2/h4-10,15,26H,3,11-13H2,1-2H3,(H,24,27). The molecule has 1 unspecified atom stereocenters. The fourth-order valence-corrected chi connectivity index (χ4v) is 3.14. The SMILES string of the molecule is CCN(CC(=O)Nc1c(Cl)cccc1Cl)CC(O)COc1ccc(C(=O)OC)cc1. The second-order valence-corrected chi connectivity index (χ2v) is 7.27. The summed E-state index contributed by atoms with van der Waals surface area (Å²) in [5.41, 5.74) is 0.772. The zero-order valence-electron chi connectivity index (χ0n) is 16.7. The van der Waals surface area contributed by atoms with E-state index in [1.807, 2.05) is 6.92 Å². The van der Waals surface area contributed by atoms with E-state index in [9.17, 15) is 14.7 Å². The molecule has 0 saturated carbocycles. The van der Waals surface area contributed by atoms with Crippen molar-refractivity contribution in [2.75, 3.05) is 38.7 Å². The number of ether oxygens (including phenoxy) is 2. The number of aliphatic hydroxyl groups is 1. The van der Waals surface area contributed by atoms with Crippen molar-refractivity contribution in [1.82, 2.24) is 4.90 Å². The van der Waals surface area contributed by atoms with Crippen molar-refractivity contribution >= 4 is 40.8 Å². The molecule has 2 aromatic carbocycles. The Labute approximate surface area is 185 Å². The van der Waals surface area contributed by atoms with Crippen molar-refractivity contribution in [3.05, 3.63) is 58.1 Å². The molecule has 9 heteroatoms. The summed E-state index contributed by atoms with van der Waals surface area (Å²) in [7, 11) is 1.31. The van der Waals surface area contributed by atoms with Crippen molar-refractivity contribution in [3.63, 3.8) is 0 Å². The average Bonchev–Trinajstić information content (AvgIpc) is 2.74. The fraction of sp³-hybridized carbons (Fsp3) is 0.333. The number of benzene rings is 2. The number of nitrogens with zero attached hydrogens (tertiary/aromatic N) is 1. The van der Waals surface area contributed by atoms with Gasteiger partial charge in [-0.1, -0.05) is 36.2 Å².